The van der Waals surface area contributed by atoms with E-state index in [1.54, 1.807) is 28.9 Å². The molecule has 0 saturated carbocycles. The summed E-state index contributed by atoms with van der Waals surface area (Å²) in [5.41, 5.74) is 3.53. The molecule has 0 aliphatic rings. The van der Waals surface area contributed by atoms with Gasteiger partial charge in [0.05, 0.1) is 10.7 Å². The van der Waals surface area contributed by atoms with Gasteiger partial charge in [0.2, 0.25) is 5.91 Å². The van der Waals surface area contributed by atoms with Gasteiger partial charge in [-0.05, 0) is 30.5 Å². The minimum absolute atomic E-state index is 0.220. The quantitative estimate of drug-likeness (QED) is 0.635. The normalized spacial score (nSPS) is 10.5. The second kappa shape index (κ2) is 7.12. The molecule has 4 nitrogen and oxygen atoms in total. The lowest BCUT2D eigenvalue weighted by Crippen LogP contribution is -2.18. The third-order valence-corrected chi connectivity index (χ3v) is 3.83. The number of hydrogen-bond acceptors (Lipinski definition) is 4. The van der Waals surface area contributed by atoms with Crippen molar-refractivity contribution >= 4 is 17.2 Å². The number of carbonyl (C=O) groups is 1. The summed E-state index contributed by atoms with van der Waals surface area (Å²) in [5.74, 6) is -0.640. The number of rotatable bonds is 6. The number of hydroxylamine groups is 1. The molecule has 0 saturated heterocycles. The fourth-order valence-electron chi connectivity index (χ4n) is 1.78. The van der Waals surface area contributed by atoms with E-state index in [2.05, 4.69) is 4.98 Å². The second-order valence-electron chi connectivity index (χ2n) is 4.39. The van der Waals surface area contributed by atoms with E-state index in [0.29, 0.717) is 6.42 Å². The highest BCUT2D eigenvalue weighted by Gasteiger charge is 2.05. The Morgan fingerprint density at radius 2 is 2.00 bits per heavy atom. The molecule has 0 aliphatic carbocycles. The standard InChI is InChI=1S/C14H15FN2O2S/c15-11-4-1-10(2-5-11)3-8-14-16-12(9-20-14)6-7-13(18)17-19/h1-2,4-5,9,19H,3,6-8H2,(H,17,18). The number of aryl methyl sites for hydroxylation is 3. The number of benzene rings is 1. The Morgan fingerprint density at radius 1 is 1.25 bits per heavy atom. The first-order valence-corrected chi connectivity index (χ1v) is 7.16. The van der Waals surface area contributed by atoms with Crippen LogP contribution in [0, 0.1) is 5.82 Å². The Labute approximate surface area is 120 Å². The topological polar surface area (TPSA) is 62.2 Å². The van der Waals surface area contributed by atoms with Gasteiger partial charge in [-0.3, -0.25) is 10.0 Å². The van der Waals surface area contributed by atoms with Crippen molar-refractivity contribution in [3.63, 3.8) is 0 Å². The molecule has 1 heterocycles. The first-order valence-electron chi connectivity index (χ1n) is 6.28. The number of halogens is 1. The van der Waals surface area contributed by atoms with Gasteiger partial charge in [-0.2, -0.15) is 0 Å². The first kappa shape index (κ1) is 14.6. The third kappa shape index (κ3) is 4.40. The predicted molar refractivity (Wildman–Crippen MR) is 74.2 cm³/mol. The van der Waals surface area contributed by atoms with E-state index in [0.717, 1.165) is 29.1 Å². The van der Waals surface area contributed by atoms with Gasteiger partial charge in [0.15, 0.2) is 0 Å². The van der Waals surface area contributed by atoms with E-state index < -0.39 is 5.91 Å². The van der Waals surface area contributed by atoms with Crippen LogP contribution in [0.25, 0.3) is 0 Å². The highest BCUT2D eigenvalue weighted by atomic mass is 32.1. The summed E-state index contributed by atoms with van der Waals surface area (Å²) in [6.07, 6.45) is 2.34. The van der Waals surface area contributed by atoms with Crippen molar-refractivity contribution in [2.75, 3.05) is 0 Å². The Bertz CT molecular complexity index is 569. The van der Waals surface area contributed by atoms with Gasteiger partial charge in [-0.25, -0.2) is 14.9 Å². The van der Waals surface area contributed by atoms with Crippen LogP contribution in [0.3, 0.4) is 0 Å². The average Bonchev–Trinajstić information content (AvgIpc) is 2.92. The molecule has 1 aromatic heterocycles. The monoisotopic (exact) mass is 294 g/mol. The molecular formula is C14H15FN2O2S. The zero-order chi connectivity index (χ0) is 14.4. The van der Waals surface area contributed by atoms with Gasteiger partial charge in [-0.15, -0.1) is 11.3 Å². The molecule has 6 heteroatoms. The molecule has 2 aromatic rings. The fraction of sp³-hybridized carbons (Fsp3) is 0.286. The maximum atomic E-state index is 12.8. The third-order valence-electron chi connectivity index (χ3n) is 2.87. The number of thiazole rings is 1. The van der Waals surface area contributed by atoms with E-state index in [1.165, 1.54) is 12.1 Å². The van der Waals surface area contributed by atoms with Crippen LogP contribution in [0.1, 0.15) is 22.7 Å². The Morgan fingerprint density at radius 3 is 2.70 bits per heavy atom. The van der Waals surface area contributed by atoms with Crippen molar-refractivity contribution in [2.45, 2.75) is 25.7 Å². The maximum Gasteiger partial charge on any atom is 0.243 e. The molecule has 1 amide bonds. The molecule has 0 unspecified atom stereocenters. The van der Waals surface area contributed by atoms with E-state index >= 15 is 0 Å². The summed E-state index contributed by atoms with van der Waals surface area (Å²) in [6, 6.07) is 6.46. The number of nitrogens with zero attached hydrogens (tertiary/aromatic N) is 1. The summed E-state index contributed by atoms with van der Waals surface area (Å²) >= 11 is 1.55. The lowest BCUT2D eigenvalue weighted by molar-refractivity contribution is -0.129. The van der Waals surface area contributed by atoms with Crippen LogP contribution < -0.4 is 5.48 Å². The number of aromatic nitrogens is 1. The van der Waals surface area contributed by atoms with Gasteiger partial charge < -0.3 is 0 Å². The first-order chi connectivity index (χ1) is 9.67. The summed E-state index contributed by atoms with van der Waals surface area (Å²) in [6.45, 7) is 0. The highest BCUT2D eigenvalue weighted by molar-refractivity contribution is 7.09. The van der Waals surface area contributed by atoms with Crippen LogP contribution in [0.5, 0.6) is 0 Å². The van der Waals surface area contributed by atoms with Crippen molar-refractivity contribution < 1.29 is 14.4 Å². The van der Waals surface area contributed by atoms with Gasteiger partial charge in [0, 0.05) is 18.2 Å². The summed E-state index contributed by atoms with van der Waals surface area (Å²) in [4.78, 5) is 15.3. The van der Waals surface area contributed by atoms with Crippen LogP contribution in [-0.4, -0.2) is 16.1 Å². The van der Waals surface area contributed by atoms with Crippen LogP contribution in [0.4, 0.5) is 4.39 Å². The molecule has 106 valence electrons. The lowest BCUT2D eigenvalue weighted by Gasteiger charge is -1.99. The van der Waals surface area contributed by atoms with Crippen molar-refractivity contribution in [3.05, 3.63) is 51.7 Å². The molecule has 0 bridgehead atoms. The average molecular weight is 294 g/mol. The van der Waals surface area contributed by atoms with E-state index in [4.69, 9.17) is 5.21 Å². The number of amides is 1. The zero-order valence-corrected chi connectivity index (χ0v) is 11.6. The summed E-state index contributed by atoms with van der Waals surface area (Å²) in [5, 5.41) is 11.3. The van der Waals surface area contributed by atoms with Crippen molar-refractivity contribution in [3.8, 4) is 0 Å². The number of hydrogen-bond donors (Lipinski definition) is 2. The molecule has 1 aromatic carbocycles. The minimum Gasteiger partial charge on any atom is -0.289 e. The lowest BCUT2D eigenvalue weighted by atomic mass is 10.1. The molecule has 0 atom stereocenters. The maximum absolute atomic E-state index is 12.8. The molecule has 2 N–H and O–H groups in total. The zero-order valence-electron chi connectivity index (χ0n) is 10.8. The molecule has 2 rings (SSSR count). The molecule has 0 aliphatic heterocycles. The SMILES string of the molecule is O=C(CCc1csc(CCc2ccc(F)cc2)n1)NO. The number of nitrogens with one attached hydrogen (secondary N) is 1. The summed E-state index contributed by atoms with van der Waals surface area (Å²) in [7, 11) is 0. The molecule has 20 heavy (non-hydrogen) atoms. The Kier molecular flexibility index (Phi) is 5.20. The van der Waals surface area contributed by atoms with Gasteiger partial charge >= 0.3 is 0 Å². The molecule has 0 spiro atoms. The van der Waals surface area contributed by atoms with E-state index in [1.807, 2.05) is 5.38 Å². The largest absolute Gasteiger partial charge is 0.289 e. The highest BCUT2D eigenvalue weighted by Crippen LogP contribution is 2.14. The van der Waals surface area contributed by atoms with Crippen LogP contribution in [-0.2, 0) is 24.1 Å². The Hall–Kier alpha value is -1.79. The van der Waals surface area contributed by atoms with Gasteiger partial charge in [0.25, 0.3) is 0 Å². The minimum atomic E-state index is -0.411. The van der Waals surface area contributed by atoms with E-state index in [-0.39, 0.29) is 12.2 Å². The van der Waals surface area contributed by atoms with Gasteiger partial charge in [0.1, 0.15) is 5.82 Å². The van der Waals surface area contributed by atoms with Crippen LogP contribution in [0.2, 0.25) is 0 Å². The van der Waals surface area contributed by atoms with Crippen molar-refractivity contribution in [1.82, 2.24) is 10.5 Å². The molecule has 0 radical (unpaired) electrons. The second-order valence-corrected chi connectivity index (χ2v) is 5.34. The molecule has 0 fully saturated rings. The number of carbonyl (C=O) groups excluding carboxylic acids is 1. The van der Waals surface area contributed by atoms with E-state index in [9.17, 15) is 9.18 Å². The Balaban J connectivity index is 1.83. The van der Waals surface area contributed by atoms with Gasteiger partial charge in [-0.1, -0.05) is 12.1 Å². The molecular weight excluding hydrogens is 279 g/mol. The fourth-order valence-corrected chi connectivity index (χ4v) is 2.61. The van der Waals surface area contributed by atoms with Crippen LogP contribution >= 0.6 is 11.3 Å². The van der Waals surface area contributed by atoms with Crippen molar-refractivity contribution in [2.24, 2.45) is 0 Å². The van der Waals surface area contributed by atoms with Crippen molar-refractivity contribution in [1.29, 1.82) is 0 Å². The predicted octanol–water partition coefficient (Wildman–Crippen LogP) is 2.51. The van der Waals surface area contributed by atoms with Crippen LogP contribution in [0.15, 0.2) is 29.6 Å². The summed E-state index contributed by atoms with van der Waals surface area (Å²) < 4.78 is 12.8. The smallest absolute Gasteiger partial charge is 0.243 e.